The van der Waals surface area contributed by atoms with Gasteiger partial charge in [0.15, 0.2) is 0 Å². The van der Waals surface area contributed by atoms with Gasteiger partial charge in [-0.1, -0.05) is 31.8 Å². The highest BCUT2D eigenvalue weighted by atomic mass is 79.9. The molecule has 0 atom stereocenters. The van der Waals surface area contributed by atoms with Gasteiger partial charge in [-0.25, -0.2) is 0 Å². The molecule has 1 aromatic heterocycles. The highest BCUT2D eigenvalue weighted by Gasteiger charge is 2.18. The molecule has 21 heavy (non-hydrogen) atoms. The maximum absolute atomic E-state index is 4.54. The Labute approximate surface area is 145 Å². The van der Waals surface area contributed by atoms with Crippen LogP contribution in [0, 0.1) is 5.92 Å². The Morgan fingerprint density at radius 2 is 2.10 bits per heavy atom. The third-order valence-corrected chi connectivity index (χ3v) is 5.11. The summed E-state index contributed by atoms with van der Waals surface area (Å²) in [6.07, 6.45) is 12.1. The summed E-state index contributed by atoms with van der Waals surface area (Å²) in [4.78, 5) is 4.54. The van der Waals surface area contributed by atoms with E-state index in [2.05, 4.69) is 61.2 Å². The van der Waals surface area contributed by atoms with Crippen molar-refractivity contribution in [1.29, 1.82) is 0 Å². The van der Waals surface area contributed by atoms with Crippen molar-refractivity contribution in [3.63, 3.8) is 0 Å². The number of rotatable bonds is 6. The first-order chi connectivity index (χ1) is 10.2. The van der Waals surface area contributed by atoms with Gasteiger partial charge in [-0.15, -0.1) is 0 Å². The van der Waals surface area contributed by atoms with E-state index in [1.54, 1.807) is 0 Å². The normalized spacial score (nSPS) is 17.2. The van der Waals surface area contributed by atoms with Gasteiger partial charge in [0, 0.05) is 21.7 Å². The van der Waals surface area contributed by atoms with Gasteiger partial charge < -0.3 is 5.32 Å². The maximum Gasteiger partial charge on any atom is 0.0772 e. The van der Waals surface area contributed by atoms with Crippen LogP contribution in [0.25, 0.3) is 6.08 Å². The average Bonchev–Trinajstić information content (AvgIpc) is 2.49. The number of hydrogen-bond donors (Lipinski definition) is 1. The molecule has 2 nitrogen and oxygen atoms in total. The van der Waals surface area contributed by atoms with Gasteiger partial charge in [-0.2, -0.15) is 0 Å². The molecule has 1 heterocycles. The van der Waals surface area contributed by atoms with Crippen LogP contribution in [0.5, 0.6) is 0 Å². The molecule has 1 saturated carbocycles. The highest BCUT2D eigenvalue weighted by molar-refractivity contribution is 9.11. The van der Waals surface area contributed by atoms with Gasteiger partial charge in [0.25, 0.3) is 0 Å². The molecule has 116 valence electrons. The third kappa shape index (κ3) is 5.50. The van der Waals surface area contributed by atoms with Gasteiger partial charge in [0.2, 0.25) is 0 Å². The lowest BCUT2D eigenvalue weighted by molar-refractivity contribution is 0.396. The summed E-state index contributed by atoms with van der Waals surface area (Å²) in [5.74, 6) is 0.723. The third-order valence-electron chi connectivity index (χ3n) is 4.04. The molecule has 1 fully saturated rings. The van der Waals surface area contributed by atoms with Crippen LogP contribution < -0.4 is 5.32 Å². The van der Waals surface area contributed by atoms with Crippen LogP contribution in [-0.4, -0.2) is 18.1 Å². The Morgan fingerprint density at radius 3 is 2.76 bits per heavy atom. The van der Waals surface area contributed by atoms with Crippen molar-refractivity contribution in [1.82, 2.24) is 10.3 Å². The second-order valence-corrected chi connectivity index (χ2v) is 7.52. The van der Waals surface area contributed by atoms with Crippen LogP contribution in [0.1, 0.15) is 51.1 Å². The van der Waals surface area contributed by atoms with Gasteiger partial charge >= 0.3 is 0 Å². The molecule has 4 heteroatoms. The molecule has 1 aliphatic rings. The van der Waals surface area contributed by atoms with Crippen LogP contribution in [-0.2, 0) is 0 Å². The molecule has 0 amide bonds. The lowest BCUT2D eigenvalue weighted by Crippen LogP contribution is -2.23. The van der Waals surface area contributed by atoms with Crippen molar-refractivity contribution in [2.45, 2.75) is 45.4 Å². The van der Waals surface area contributed by atoms with Crippen molar-refractivity contribution in [2.24, 2.45) is 5.92 Å². The smallest absolute Gasteiger partial charge is 0.0772 e. The van der Waals surface area contributed by atoms with E-state index >= 15 is 0 Å². The molecule has 1 aliphatic carbocycles. The van der Waals surface area contributed by atoms with Crippen LogP contribution in [0.2, 0.25) is 0 Å². The van der Waals surface area contributed by atoms with Crippen molar-refractivity contribution < 1.29 is 0 Å². The summed E-state index contributed by atoms with van der Waals surface area (Å²) in [5, 5.41) is 3.56. The predicted octanol–water partition coefficient (Wildman–Crippen LogP) is 5.57. The topological polar surface area (TPSA) is 24.9 Å². The van der Waals surface area contributed by atoms with Crippen LogP contribution >= 0.6 is 31.9 Å². The first kappa shape index (κ1) is 17.2. The zero-order chi connectivity index (χ0) is 15.1. The largest absolute Gasteiger partial charge is 0.313 e. The van der Waals surface area contributed by atoms with Crippen LogP contribution in [0.3, 0.4) is 0 Å². The Bertz CT molecular complexity index is 480. The molecular weight excluding hydrogens is 392 g/mol. The zero-order valence-corrected chi connectivity index (χ0v) is 15.8. The van der Waals surface area contributed by atoms with E-state index in [0.29, 0.717) is 0 Å². The van der Waals surface area contributed by atoms with E-state index < -0.39 is 0 Å². The fraction of sp³-hybridized carbons (Fsp3) is 0.588. The molecule has 0 spiro atoms. The van der Waals surface area contributed by atoms with E-state index in [1.807, 2.05) is 6.20 Å². The quantitative estimate of drug-likeness (QED) is 0.614. The molecule has 1 aromatic rings. The van der Waals surface area contributed by atoms with E-state index in [1.165, 1.54) is 44.1 Å². The zero-order valence-electron chi connectivity index (χ0n) is 12.7. The molecule has 1 N–H and O–H groups in total. The minimum absolute atomic E-state index is 0.723. The van der Waals surface area contributed by atoms with Crippen LogP contribution in [0.15, 0.2) is 26.8 Å². The summed E-state index contributed by atoms with van der Waals surface area (Å²) in [5.41, 5.74) is 2.55. The van der Waals surface area contributed by atoms with E-state index in [4.69, 9.17) is 0 Å². The molecule has 0 radical (unpaired) electrons. The maximum atomic E-state index is 4.54. The lowest BCUT2D eigenvalue weighted by atomic mass is 9.83. The summed E-state index contributed by atoms with van der Waals surface area (Å²) >= 11 is 7.09. The number of aromatic nitrogens is 1. The lowest BCUT2D eigenvalue weighted by Gasteiger charge is -2.25. The fourth-order valence-corrected chi connectivity index (χ4v) is 4.01. The molecular formula is C17H24Br2N2. The molecule has 0 aliphatic heterocycles. The minimum Gasteiger partial charge on any atom is -0.313 e. The van der Waals surface area contributed by atoms with Crippen molar-refractivity contribution in [2.75, 3.05) is 13.1 Å². The minimum atomic E-state index is 0.723. The van der Waals surface area contributed by atoms with Gasteiger partial charge in [-0.3, -0.25) is 4.98 Å². The van der Waals surface area contributed by atoms with Crippen molar-refractivity contribution >= 4 is 37.9 Å². The Hall–Kier alpha value is -0.190. The summed E-state index contributed by atoms with van der Waals surface area (Å²) in [7, 11) is 0. The fourth-order valence-electron chi connectivity index (χ4n) is 2.90. The van der Waals surface area contributed by atoms with Crippen molar-refractivity contribution in [3.8, 4) is 0 Å². The summed E-state index contributed by atoms with van der Waals surface area (Å²) in [6.45, 7) is 4.28. The van der Waals surface area contributed by atoms with E-state index in [9.17, 15) is 0 Å². The number of nitrogens with one attached hydrogen (secondary N) is 1. The van der Waals surface area contributed by atoms with Crippen LogP contribution in [0.4, 0.5) is 0 Å². The van der Waals surface area contributed by atoms with Gasteiger partial charge in [0.1, 0.15) is 0 Å². The standard InChI is InChI=1S/C17H24Br2N2/c1-2-8-20-11-14(13-6-4-3-5-7-13)9-17-16(19)10-15(18)12-21-17/h9-10,12-13,20H,2-8,11H2,1H3. The Kier molecular flexibility index (Phi) is 7.41. The molecule has 0 saturated heterocycles. The first-order valence-corrected chi connectivity index (χ1v) is 9.51. The monoisotopic (exact) mass is 414 g/mol. The molecule has 0 aromatic carbocycles. The van der Waals surface area contributed by atoms with E-state index in [-0.39, 0.29) is 0 Å². The summed E-state index contributed by atoms with van der Waals surface area (Å²) in [6, 6.07) is 2.07. The highest BCUT2D eigenvalue weighted by Crippen LogP contribution is 2.31. The van der Waals surface area contributed by atoms with Gasteiger partial charge in [0.05, 0.1) is 5.69 Å². The predicted molar refractivity (Wildman–Crippen MR) is 97.3 cm³/mol. The number of nitrogens with zero attached hydrogens (tertiary/aromatic N) is 1. The Morgan fingerprint density at radius 1 is 1.33 bits per heavy atom. The summed E-state index contributed by atoms with van der Waals surface area (Å²) < 4.78 is 2.07. The molecule has 0 bridgehead atoms. The van der Waals surface area contributed by atoms with E-state index in [0.717, 1.165) is 33.6 Å². The van der Waals surface area contributed by atoms with Gasteiger partial charge in [-0.05, 0) is 75.7 Å². The first-order valence-electron chi connectivity index (χ1n) is 7.93. The second kappa shape index (κ2) is 9.06. The number of hydrogen-bond acceptors (Lipinski definition) is 2. The van der Waals surface area contributed by atoms with Crippen molar-refractivity contribution in [3.05, 3.63) is 32.5 Å². The number of pyridine rings is 1. The second-order valence-electron chi connectivity index (χ2n) is 5.75. The Balaban J connectivity index is 2.17. The number of halogens is 2. The average molecular weight is 416 g/mol. The molecule has 0 unspecified atom stereocenters. The SMILES string of the molecule is CCCNCC(=Cc1ncc(Br)cc1Br)C1CCCCC1. The molecule has 2 rings (SSSR count).